The maximum Gasteiger partial charge on any atom is 0.196 e. The van der Waals surface area contributed by atoms with E-state index in [0.717, 1.165) is 353 Å². The molecule has 29 nitrogen and oxygen atoms in total. The van der Waals surface area contributed by atoms with E-state index in [1.807, 2.05) is 18.4 Å². The predicted molar refractivity (Wildman–Crippen MR) is 551 cm³/mol. The Morgan fingerprint density at radius 1 is 0.411 bits per heavy atom. The van der Waals surface area contributed by atoms with Crippen molar-refractivity contribution in [1.29, 1.82) is 0 Å². The molecule has 11 heterocycles. The summed E-state index contributed by atoms with van der Waals surface area (Å²) in [6, 6.07) is 0. The molecular weight excluding hydrogens is 1780 g/mol. The average Bonchev–Trinajstić information content (AvgIpc) is 1.62. The maximum absolute atomic E-state index is 12.8. The Labute approximate surface area is 837 Å². The molecule has 141 heavy (non-hydrogen) atoms. The number of aliphatic hydroxyl groups is 5. The SMILES string of the molecule is C=C1CCc2[nH]c(C)c(CC)c2C1=O.CCc1[nH]c2c(c1C)C(=O)C(CN1CCOCC1)CC2.CCc1c(C)[nH]c2c1C(O)(OCCNCCO)CCC2.CCc1c(C)[nH]c2c1C(O)(OCCNCCOC1(O)CCCc3[nH]c(C)c(CC)c31)CCC2.CCc1c(C)[nH]c2c1C1(CCC2)OCCNCCO1.CCc1c2c(n(CN3CCOCC3)c1C)CCCC2=O.CCc1c2c(n(CO)c1C)CCCC2=O. The Bertz CT molecular complexity index is 5450. The van der Waals surface area contributed by atoms with E-state index in [1.54, 1.807) is 0 Å². The van der Waals surface area contributed by atoms with Crippen LogP contribution in [0.3, 0.4) is 0 Å². The second-order valence-electron chi connectivity index (χ2n) is 40.2. The molecule has 8 aromatic rings. The Morgan fingerprint density at radius 2 is 0.816 bits per heavy atom. The van der Waals surface area contributed by atoms with Crippen molar-refractivity contribution in [3.8, 4) is 0 Å². The summed E-state index contributed by atoms with van der Waals surface area (Å²) in [4.78, 5) is 74.2. The van der Waals surface area contributed by atoms with Gasteiger partial charge in [0.05, 0.1) is 72.7 Å². The number of aromatic nitrogens is 8. The van der Waals surface area contributed by atoms with Crippen molar-refractivity contribution in [3.05, 3.63) is 192 Å². The van der Waals surface area contributed by atoms with Gasteiger partial charge in [0, 0.05) is 252 Å². The second-order valence-corrected chi connectivity index (χ2v) is 40.2. The number of rotatable bonds is 27. The lowest BCUT2D eigenvalue weighted by atomic mass is 9.84. The number of Topliss-reactive ketones (excluding diaryl/α,β-unsaturated/α-hetero) is 4. The molecule has 14 N–H and O–H groups in total. The van der Waals surface area contributed by atoms with Crippen LogP contribution in [0.2, 0.25) is 0 Å². The molecule has 0 radical (unpaired) electrons. The lowest BCUT2D eigenvalue weighted by Crippen LogP contribution is -2.43. The smallest absolute Gasteiger partial charge is 0.196 e. The highest BCUT2D eigenvalue weighted by Gasteiger charge is 2.46. The minimum absolute atomic E-state index is 0.0125. The van der Waals surface area contributed by atoms with Gasteiger partial charge in [0.25, 0.3) is 0 Å². The fraction of sp³-hybridized carbons (Fsp3) is 0.661. The molecule has 3 aliphatic heterocycles. The Kier molecular flexibility index (Phi) is 39.8. The number of carbonyl (C=O) groups excluding carboxylic acids is 4. The maximum atomic E-state index is 12.8. The minimum atomic E-state index is -1.21. The van der Waals surface area contributed by atoms with E-state index in [0.29, 0.717) is 96.5 Å². The van der Waals surface area contributed by atoms with Crippen LogP contribution in [0.4, 0.5) is 0 Å². The third-order valence-electron chi connectivity index (χ3n) is 31.4. The molecule has 1 spiro atoms. The quantitative estimate of drug-likeness (QED) is 0.0129. The molecule has 11 aliphatic rings. The number of H-pyrrole nitrogens is 6. The fourth-order valence-electron chi connectivity index (χ4n) is 24.4. The first-order chi connectivity index (χ1) is 68.0. The van der Waals surface area contributed by atoms with Gasteiger partial charge in [-0.25, -0.2) is 0 Å². The van der Waals surface area contributed by atoms with Crippen molar-refractivity contribution in [3.63, 3.8) is 0 Å². The standard InChI is InChI=1S/C26H41N3O4.2C16H24N2O2.C15H26N2O3.C15H24N2O2.C12H17NO2.C12H15NO/c1-5-19-17(3)28-21-9-7-11-25(30,23(19)21)32-15-13-27-14-16-33-26(31)12-8-10-22-24(26)20(6-2)18(4)29-22;1-3-13-11(2)15-14(17-13)5-4-12(16(15)19)10-18-6-8-20-9-7-18;1-3-13-12(2)18(11-17-7-9-20-10-8-17)14-5-4-6-15(19)16(13)14;1-3-12-11(2)17-13-5-4-6-15(19,14(12)13)20-10-8-16-7-9-18;1-3-12-11(2)17-13-5-4-6-15(14(12)13)18-9-7-16-8-10-19-15;1-3-9-8(2)13(7-14)10-5-4-6-11(15)12(9)10;1-4-9-8(3)13-10-6-5-7(2)12(14)11(9)10/h27-31H,5-16H2,1-4H3;12,17H,3-10H2,1-2H3;3-11H2,1-2H3;16-19H,3-10H2,1-2H3;16-17H,3-10H2,1-2H3;14H,3-7H2,1-2H3;13H,2,4-6H2,1,3H3. The Balaban J connectivity index is 0.000000141. The molecule has 780 valence electrons. The molecule has 0 aromatic carbocycles. The van der Waals surface area contributed by atoms with Crippen LogP contribution in [-0.2, 0) is 172 Å². The van der Waals surface area contributed by atoms with Crippen LogP contribution >= 0.6 is 0 Å². The number of ether oxygens (including phenoxy) is 7. The van der Waals surface area contributed by atoms with Gasteiger partial charge in [0.1, 0.15) is 6.73 Å². The normalized spacial score (nSPS) is 21.5. The molecule has 0 bridgehead atoms. The zero-order chi connectivity index (χ0) is 101. The van der Waals surface area contributed by atoms with Crippen molar-refractivity contribution < 1.29 is 77.9 Å². The molecule has 4 unspecified atom stereocenters. The molecule has 29 heteroatoms. The molecule has 8 aromatic heterocycles. The van der Waals surface area contributed by atoms with Crippen LogP contribution in [0.5, 0.6) is 0 Å². The fourth-order valence-corrected chi connectivity index (χ4v) is 24.4. The number of hydrogen-bond donors (Lipinski definition) is 14. The first-order valence-electron chi connectivity index (χ1n) is 53.8. The molecule has 8 aliphatic carbocycles. The van der Waals surface area contributed by atoms with Gasteiger partial charge in [0.15, 0.2) is 46.3 Å². The monoisotopic (exact) mass is 1950 g/mol. The van der Waals surface area contributed by atoms with E-state index in [4.69, 9.17) is 38.3 Å². The summed E-state index contributed by atoms with van der Waals surface area (Å²) in [6.45, 7) is 53.4. The number of morpholine rings is 2. The van der Waals surface area contributed by atoms with Crippen LogP contribution in [0.1, 0.15) is 345 Å². The topological polar surface area (TPSA) is 381 Å². The summed E-state index contributed by atoms with van der Waals surface area (Å²) in [7, 11) is 0. The Morgan fingerprint density at radius 3 is 1.26 bits per heavy atom. The highest BCUT2D eigenvalue weighted by Crippen LogP contribution is 2.47. The van der Waals surface area contributed by atoms with Crippen LogP contribution in [-0.4, -0.2) is 236 Å². The largest absolute Gasteiger partial charge is 0.395 e. The van der Waals surface area contributed by atoms with Crippen molar-refractivity contribution in [1.82, 2.24) is 64.8 Å². The zero-order valence-corrected chi connectivity index (χ0v) is 88.3. The van der Waals surface area contributed by atoms with E-state index in [9.17, 15) is 39.6 Å². The number of aromatic amines is 6. The van der Waals surface area contributed by atoms with Crippen LogP contribution < -0.4 is 16.0 Å². The minimum Gasteiger partial charge on any atom is -0.395 e. The van der Waals surface area contributed by atoms with E-state index < -0.39 is 23.1 Å². The van der Waals surface area contributed by atoms with Crippen molar-refractivity contribution in [2.75, 3.05) is 138 Å². The van der Waals surface area contributed by atoms with Gasteiger partial charge in [-0.15, -0.1) is 0 Å². The predicted octanol–water partition coefficient (Wildman–Crippen LogP) is 14.9. The lowest BCUT2D eigenvalue weighted by molar-refractivity contribution is -0.258. The van der Waals surface area contributed by atoms with E-state index >= 15 is 0 Å². The van der Waals surface area contributed by atoms with Gasteiger partial charge >= 0.3 is 0 Å². The number of aliphatic hydroxyl groups excluding tert-OH is 2. The summed E-state index contributed by atoms with van der Waals surface area (Å²) in [5.74, 6) is -2.80. The van der Waals surface area contributed by atoms with Crippen LogP contribution in [0, 0.1) is 61.3 Å². The summed E-state index contributed by atoms with van der Waals surface area (Å²) in [6.07, 6.45) is 27.1. The van der Waals surface area contributed by atoms with Gasteiger partial charge in [-0.2, -0.15) is 0 Å². The number of fused-ring (bicyclic) bond motifs is 9. The van der Waals surface area contributed by atoms with Crippen molar-refractivity contribution >= 4 is 23.1 Å². The number of allylic oxidation sites excluding steroid dienone is 1. The van der Waals surface area contributed by atoms with Gasteiger partial charge in [-0.05, 0) is 260 Å². The third kappa shape index (κ3) is 24.8. The summed E-state index contributed by atoms with van der Waals surface area (Å²) in [5, 5.41) is 61.1. The number of nitrogens with zero attached hydrogens (tertiary/aromatic N) is 4. The van der Waals surface area contributed by atoms with Gasteiger partial charge in [0.2, 0.25) is 0 Å². The highest BCUT2D eigenvalue weighted by atomic mass is 16.7. The molecule has 19 rings (SSSR count). The zero-order valence-electron chi connectivity index (χ0n) is 88.3. The van der Waals surface area contributed by atoms with Crippen LogP contribution in [0.15, 0.2) is 12.2 Å². The molecule has 3 saturated heterocycles. The number of aryl methyl sites for hydroxylation is 12. The third-order valence-corrected chi connectivity index (χ3v) is 31.4. The molecular formula is C112H171N13O16. The van der Waals surface area contributed by atoms with Gasteiger partial charge in [-0.3, -0.25) is 29.0 Å². The number of carbonyl (C=O) groups is 4. The van der Waals surface area contributed by atoms with E-state index in [-0.39, 0.29) is 30.8 Å². The molecule has 3 fully saturated rings. The van der Waals surface area contributed by atoms with E-state index in [2.05, 4.69) is 164 Å². The first kappa shape index (κ1) is 110. The first-order valence-corrected chi connectivity index (χ1v) is 53.8. The average molecular weight is 1960 g/mol. The molecule has 4 atom stereocenters. The summed E-state index contributed by atoms with van der Waals surface area (Å²) < 4.78 is 45.3. The van der Waals surface area contributed by atoms with Gasteiger partial charge in [-0.1, -0.05) is 62.0 Å². The number of ketones is 4. The van der Waals surface area contributed by atoms with Gasteiger partial charge < -0.3 is 114 Å². The number of hydrogen-bond acceptors (Lipinski definition) is 21. The lowest BCUT2D eigenvalue weighted by Gasteiger charge is -2.39. The van der Waals surface area contributed by atoms with Crippen LogP contribution in [0.25, 0.3) is 0 Å². The summed E-state index contributed by atoms with van der Waals surface area (Å²) >= 11 is 0. The summed E-state index contributed by atoms with van der Waals surface area (Å²) in [5.41, 5.74) is 37.2. The second kappa shape index (κ2) is 50.9. The molecule has 0 amide bonds. The Hall–Kier alpha value is -8.02. The molecule has 0 saturated carbocycles. The van der Waals surface area contributed by atoms with E-state index in [1.165, 1.54) is 78.7 Å². The highest BCUT2D eigenvalue weighted by molar-refractivity contribution is 6.11. The van der Waals surface area contributed by atoms with Crippen molar-refractivity contribution in [2.45, 2.75) is 340 Å². The van der Waals surface area contributed by atoms with Crippen molar-refractivity contribution in [2.24, 2.45) is 5.92 Å². The number of nitrogens with one attached hydrogen (secondary N) is 9.